The first-order valence-corrected chi connectivity index (χ1v) is 13.9. The van der Waals surface area contributed by atoms with Crippen LogP contribution in [0.15, 0.2) is 12.2 Å². The van der Waals surface area contributed by atoms with Gasteiger partial charge in [0.1, 0.15) is 0 Å². The van der Waals surface area contributed by atoms with Gasteiger partial charge in [-0.1, -0.05) is 60.6 Å². The molecule has 0 aliphatic heterocycles. The Hall–Kier alpha value is -0.260. The highest BCUT2D eigenvalue weighted by atomic mass is 14.7. The second-order valence-corrected chi connectivity index (χ2v) is 15.3. The predicted molar refractivity (Wildman–Crippen MR) is 134 cm³/mol. The van der Waals surface area contributed by atoms with E-state index < -0.39 is 0 Å². The summed E-state index contributed by atoms with van der Waals surface area (Å²) in [6, 6.07) is 0. The van der Waals surface area contributed by atoms with E-state index in [9.17, 15) is 0 Å². The molecule has 5 saturated carbocycles. The van der Waals surface area contributed by atoms with Crippen molar-refractivity contribution >= 4 is 0 Å². The lowest BCUT2D eigenvalue weighted by molar-refractivity contribution is -0.244. The molecule has 0 heteroatoms. The molecule has 31 heavy (non-hydrogen) atoms. The quantitative estimate of drug-likeness (QED) is 0.368. The van der Waals surface area contributed by atoms with Crippen LogP contribution in [0.2, 0.25) is 0 Å². The molecule has 0 aromatic heterocycles. The largest absolute Gasteiger partial charge is 0.0999 e. The van der Waals surface area contributed by atoms with Crippen molar-refractivity contribution in [3.05, 3.63) is 12.2 Å². The lowest BCUT2D eigenvalue weighted by atomic mass is 9.31. The molecule has 176 valence electrons. The Balaban J connectivity index is 1.53. The first-order valence-electron chi connectivity index (χ1n) is 13.9. The smallest absolute Gasteiger partial charge is 0.0175 e. The first-order chi connectivity index (χ1) is 14.3. The van der Waals surface area contributed by atoms with E-state index in [0.29, 0.717) is 27.1 Å². The van der Waals surface area contributed by atoms with Gasteiger partial charge in [0.2, 0.25) is 0 Å². The zero-order valence-corrected chi connectivity index (χ0v) is 22.2. The van der Waals surface area contributed by atoms with Crippen LogP contribution in [0.25, 0.3) is 0 Å². The van der Waals surface area contributed by atoms with Gasteiger partial charge in [0, 0.05) is 0 Å². The molecule has 10 atom stereocenters. The van der Waals surface area contributed by atoms with Crippen molar-refractivity contribution in [3.63, 3.8) is 0 Å². The number of hydrogen-bond donors (Lipinski definition) is 0. The summed E-state index contributed by atoms with van der Waals surface area (Å²) in [5.41, 5.74) is 4.17. The maximum atomic E-state index is 4.43. The summed E-state index contributed by atoms with van der Waals surface area (Å²) in [5.74, 6) is 5.39. The van der Waals surface area contributed by atoms with Crippen LogP contribution in [0, 0.1) is 62.6 Å². The molecule has 5 aliphatic rings. The van der Waals surface area contributed by atoms with Crippen molar-refractivity contribution in [2.45, 2.75) is 120 Å². The van der Waals surface area contributed by atoms with E-state index in [1.807, 2.05) is 0 Å². The average molecular weight is 425 g/mol. The Morgan fingerprint density at radius 3 is 1.87 bits per heavy atom. The van der Waals surface area contributed by atoms with Crippen molar-refractivity contribution in [2.75, 3.05) is 0 Å². The molecule has 5 rings (SSSR count). The molecule has 0 amide bonds. The minimum Gasteiger partial charge on any atom is -0.0999 e. The van der Waals surface area contributed by atoms with Crippen LogP contribution in [0.3, 0.4) is 0 Å². The van der Waals surface area contributed by atoms with Crippen molar-refractivity contribution in [1.29, 1.82) is 0 Å². The molecule has 0 saturated heterocycles. The SMILES string of the molecule is C=C(C)C1CCC2(C)C1CCC1(C)C2CCC2C3(C)CC(C)CC(C)(C)C3CCC21C. The molecule has 10 unspecified atom stereocenters. The fourth-order valence-electron chi connectivity index (χ4n) is 12.6. The van der Waals surface area contributed by atoms with Gasteiger partial charge in [0.15, 0.2) is 0 Å². The molecule has 0 aromatic carbocycles. The standard InChI is InChI=1S/C31H52/c1-20(2)22-12-15-28(6)23(22)13-16-30(8)25(28)10-11-26-29(7)19-21(3)18-27(4,5)24(29)14-17-31(26,30)9/h21-26H,1,10-19H2,2-9H3. The van der Waals surface area contributed by atoms with Crippen LogP contribution in [0.4, 0.5) is 0 Å². The van der Waals surface area contributed by atoms with Gasteiger partial charge < -0.3 is 0 Å². The normalized spacial score (nSPS) is 57.9. The van der Waals surface area contributed by atoms with Crippen molar-refractivity contribution in [3.8, 4) is 0 Å². The summed E-state index contributed by atoms with van der Waals surface area (Å²) in [6.07, 6.45) is 14.7. The fourth-order valence-corrected chi connectivity index (χ4v) is 12.6. The molecule has 0 bridgehead atoms. The molecule has 0 heterocycles. The number of hydrogen-bond acceptors (Lipinski definition) is 0. The van der Waals surface area contributed by atoms with Crippen LogP contribution in [-0.4, -0.2) is 0 Å². The Morgan fingerprint density at radius 2 is 1.26 bits per heavy atom. The zero-order valence-electron chi connectivity index (χ0n) is 22.2. The summed E-state index contributed by atoms with van der Waals surface area (Å²) in [7, 11) is 0. The van der Waals surface area contributed by atoms with Gasteiger partial charge in [0.05, 0.1) is 0 Å². The van der Waals surface area contributed by atoms with Gasteiger partial charge in [-0.15, -0.1) is 0 Å². The second-order valence-electron chi connectivity index (χ2n) is 15.3. The van der Waals surface area contributed by atoms with Crippen LogP contribution in [0.5, 0.6) is 0 Å². The molecule has 0 N–H and O–H groups in total. The third-order valence-corrected chi connectivity index (χ3v) is 13.5. The molecule has 5 fully saturated rings. The van der Waals surface area contributed by atoms with Crippen LogP contribution < -0.4 is 0 Å². The summed E-state index contributed by atoms with van der Waals surface area (Å²) >= 11 is 0. The van der Waals surface area contributed by atoms with Gasteiger partial charge in [-0.25, -0.2) is 0 Å². The van der Waals surface area contributed by atoms with E-state index >= 15 is 0 Å². The summed E-state index contributed by atoms with van der Waals surface area (Å²) in [5, 5.41) is 0. The van der Waals surface area contributed by atoms with Crippen molar-refractivity contribution in [2.24, 2.45) is 62.6 Å². The summed E-state index contributed by atoms with van der Waals surface area (Å²) < 4.78 is 0. The molecule has 5 aliphatic carbocycles. The molecular weight excluding hydrogens is 372 g/mol. The molecule has 0 radical (unpaired) electrons. The fraction of sp³-hybridized carbons (Fsp3) is 0.935. The van der Waals surface area contributed by atoms with E-state index in [4.69, 9.17) is 0 Å². The average Bonchev–Trinajstić information content (AvgIpc) is 2.98. The van der Waals surface area contributed by atoms with E-state index in [1.54, 1.807) is 0 Å². The minimum atomic E-state index is 0.523. The van der Waals surface area contributed by atoms with Gasteiger partial charge in [-0.3, -0.25) is 0 Å². The lowest BCUT2D eigenvalue weighted by Crippen LogP contribution is -2.66. The molecular formula is C31H52. The second kappa shape index (κ2) is 6.66. The zero-order chi connectivity index (χ0) is 22.6. The predicted octanol–water partition coefficient (Wildman–Crippen LogP) is 9.30. The third-order valence-electron chi connectivity index (χ3n) is 13.5. The van der Waals surface area contributed by atoms with Gasteiger partial charge in [0.25, 0.3) is 0 Å². The topological polar surface area (TPSA) is 0 Å². The number of allylic oxidation sites excluding steroid dienone is 1. The van der Waals surface area contributed by atoms with Crippen LogP contribution in [0.1, 0.15) is 120 Å². The third kappa shape index (κ3) is 2.72. The van der Waals surface area contributed by atoms with E-state index in [-0.39, 0.29) is 0 Å². The molecule has 0 aromatic rings. The van der Waals surface area contributed by atoms with Crippen LogP contribution >= 0.6 is 0 Å². The molecule has 0 nitrogen and oxygen atoms in total. The van der Waals surface area contributed by atoms with E-state index in [1.165, 1.54) is 69.8 Å². The Labute approximate surface area is 194 Å². The molecule has 0 spiro atoms. The maximum absolute atomic E-state index is 4.43. The Kier molecular flexibility index (Phi) is 4.84. The van der Waals surface area contributed by atoms with Gasteiger partial charge >= 0.3 is 0 Å². The summed E-state index contributed by atoms with van der Waals surface area (Å²) in [4.78, 5) is 0. The first kappa shape index (κ1) is 22.5. The van der Waals surface area contributed by atoms with Gasteiger partial charge in [-0.2, -0.15) is 0 Å². The maximum Gasteiger partial charge on any atom is -0.0175 e. The van der Waals surface area contributed by atoms with Gasteiger partial charge in [-0.05, 0) is 134 Å². The summed E-state index contributed by atoms with van der Waals surface area (Å²) in [6.45, 7) is 25.6. The van der Waals surface area contributed by atoms with Crippen molar-refractivity contribution < 1.29 is 0 Å². The van der Waals surface area contributed by atoms with Crippen LogP contribution in [-0.2, 0) is 0 Å². The highest BCUT2D eigenvalue weighted by Crippen LogP contribution is 2.78. The highest BCUT2D eigenvalue weighted by Gasteiger charge is 2.70. The number of fused-ring (bicyclic) bond motifs is 7. The lowest BCUT2D eigenvalue weighted by Gasteiger charge is -2.73. The van der Waals surface area contributed by atoms with E-state index in [2.05, 4.69) is 62.0 Å². The minimum absolute atomic E-state index is 0.523. The highest BCUT2D eigenvalue weighted by molar-refractivity contribution is 5.20. The van der Waals surface area contributed by atoms with Crippen molar-refractivity contribution in [1.82, 2.24) is 0 Å². The van der Waals surface area contributed by atoms with E-state index in [0.717, 1.165) is 35.5 Å². The number of rotatable bonds is 1. The Morgan fingerprint density at radius 1 is 0.677 bits per heavy atom. The monoisotopic (exact) mass is 424 g/mol. The Bertz CT molecular complexity index is 760.